The molecular formula is C34H50N2O2. The van der Waals surface area contributed by atoms with Crippen LogP contribution in [0.25, 0.3) is 0 Å². The van der Waals surface area contributed by atoms with Crippen molar-refractivity contribution in [2.75, 3.05) is 0 Å². The molecule has 38 heavy (non-hydrogen) atoms. The highest BCUT2D eigenvalue weighted by Crippen LogP contribution is 2.26. The zero-order valence-corrected chi connectivity index (χ0v) is 23.9. The van der Waals surface area contributed by atoms with E-state index >= 15 is 0 Å². The maximum atomic E-state index is 10.4. The van der Waals surface area contributed by atoms with Crippen LogP contribution in [0.4, 0.5) is 0 Å². The molecule has 0 spiro atoms. The summed E-state index contributed by atoms with van der Waals surface area (Å²) in [5, 5.41) is 20.9. The van der Waals surface area contributed by atoms with Gasteiger partial charge in [-0.3, -0.25) is 9.98 Å². The first-order valence-corrected chi connectivity index (χ1v) is 15.3. The quantitative estimate of drug-likeness (QED) is 0.172. The molecule has 0 aromatic heterocycles. The molecule has 4 heteroatoms. The molecule has 1 fully saturated rings. The zero-order chi connectivity index (χ0) is 27.0. The lowest BCUT2D eigenvalue weighted by molar-refractivity contribution is 0.390. The second kappa shape index (κ2) is 17.1. The summed E-state index contributed by atoms with van der Waals surface area (Å²) >= 11 is 0. The summed E-state index contributed by atoms with van der Waals surface area (Å²) in [5.74, 6) is 0.576. The van der Waals surface area contributed by atoms with E-state index in [1.807, 2.05) is 24.6 Å². The topological polar surface area (TPSA) is 65.2 Å². The average molecular weight is 519 g/mol. The molecule has 0 saturated heterocycles. The van der Waals surface area contributed by atoms with E-state index in [-0.39, 0.29) is 23.6 Å². The summed E-state index contributed by atoms with van der Waals surface area (Å²) in [6, 6.07) is 12.1. The second-order valence-electron chi connectivity index (χ2n) is 11.1. The summed E-state index contributed by atoms with van der Waals surface area (Å²) in [7, 11) is 0. The Morgan fingerprint density at radius 3 is 1.47 bits per heavy atom. The number of aliphatic imine (C=N–C) groups is 2. The minimum Gasteiger partial charge on any atom is -0.507 e. The van der Waals surface area contributed by atoms with Gasteiger partial charge < -0.3 is 10.2 Å². The van der Waals surface area contributed by atoms with Gasteiger partial charge in [0.05, 0.1) is 12.1 Å². The molecule has 2 N–H and O–H groups in total. The van der Waals surface area contributed by atoms with Gasteiger partial charge in [-0.15, -0.1) is 0 Å². The molecule has 0 amide bonds. The van der Waals surface area contributed by atoms with E-state index in [2.05, 4.69) is 26.0 Å². The molecule has 0 bridgehead atoms. The predicted molar refractivity (Wildman–Crippen MR) is 162 cm³/mol. The van der Waals surface area contributed by atoms with Crippen molar-refractivity contribution in [2.45, 2.75) is 129 Å². The van der Waals surface area contributed by atoms with E-state index in [0.29, 0.717) is 0 Å². The Hall–Kier alpha value is -2.62. The maximum absolute atomic E-state index is 10.4. The number of rotatable bonds is 16. The molecule has 4 nitrogen and oxygen atoms in total. The highest BCUT2D eigenvalue weighted by Gasteiger charge is 2.23. The zero-order valence-electron chi connectivity index (χ0n) is 23.9. The van der Waals surface area contributed by atoms with Gasteiger partial charge >= 0.3 is 0 Å². The smallest absolute Gasteiger partial charge is 0.124 e. The third kappa shape index (κ3) is 10.3. The van der Waals surface area contributed by atoms with E-state index in [9.17, 15) is 10.2 Å². The maximum Gasteiger partial charge on any atom is 0.124 e. The molecule has 2 aromatic carbocycles. The summed E-state index contributed by atoms with van der Waals surface area (Å²) in [4.78, 5) is 9.83. The number of nitrogens with zero attached hydrogens (tertiary/aromatic N) is 2. The molecule has 1 aliphatic carbocycles. The van der Waals surface area contributed by atoms with Crippen molar-refractivity contribution in [3.8, 4) is 11.5 Å². The van der Waals surface area contributed by atoms with E-state index in [1.165, 1.54) is 75.3 Å². The van der Waals surface area contributed by atoms with E-state index in [4.69, 9.17) is 9.98 Å². The Bertz CT molecular complexity index is 932. The highest BCUT2D eigenvalue weighted by molar-refractivity contribution is 5.84. The molecule has 1 aliphatic rings. The Morgan fingerprint density at radius 2 is 1.05 bits per heavy atom. The van der Waals surface area contributed by atoms with E-state index < -0.39 is 0 Å². The first-order valence-electron chi connectivity index (χ1n) is 15.3. The van der Waals surface area contributed by atoms with Gasteiger partial charge in [-0.05, 0) is 73.9 Å². The second-order valence-corrected chi connectivity index (χ2v) is 11.1. The van der Waals surface area contributed by atoms with Gasteiger partial charge in [-0.25, -0.2) is 0 Å². The third-order valence-corrected chi connectivity index (χ3v) is 7.83. The third-order valence-electron chi connectivity index (χ3n) is 7.83. The largest absolute Gasteiger partial charge is 0.507 e. The minimum atomic E-state index is 0.0981. The van der Waals surface area contributed by atoms with Crippen molar-refractivity contribution < 1.29 is 10.2 Å². The molecule has 0 aliphatic heterocycles. The normalized spacial score (nSPS) is 18.1. The first-order chi connectivity index (χ1) is 18.6. The summed E-state index contributed by atoms with van der Waals surface area (Å²) < 4.78 is 0. The van der Waals surface area contributed by atoms with Crippen molar-refractivity contribution in [3.05, 3.63) is 58.7 Å². The fourth-order valence-corrected chi connectivity index (χ4v) is 5.38. The lowest BCUT2D eigenvalue weighted by atomic mass is 9.91. The molecule has 2 atom stereocenters. The number of hydrogen-bond acceptors (Lipinski definition) is 4. The van der Waals surface area contributed by atoms with Gasteiger partial charge in [0.1, 0.15) is 11.5 Å². The molecule has 1 saturated carbocycles. The first kappa shape index (κ1) is 29.9. The summed E-state index contributed by atoms with van der Waals surface area (Å²) in [6.07, 6.45) is 22.7. The molecule has 208 valence electrons. The Kier molecular flexibility index (Phi) is 13.4. The van der Waals surface area contributed by atoms with Gasteiger partial charge in [-0.2, -0.15) is 0 Å². The van der Waals surface area contributed by atoms with E-state index in [0.717, 1.165) is 49.7 Å². The highest BCUT2D eigenvalue weighted by atomic mass is 16.3. The number of aryl methyl sites for hydroxylation is 2. The van der Waals surface area contributed by atoms with Gasteiger partial charge in [0.25, 0.3) is 0 Å². The van der Waals surface area contributed by atoms with E-state index in [1.54, 1.807) is 12.1 Å². The van der Waals surface area contributed by atoms with Crippen molar-refractivity contribution in [3.63, 3.8) is 0 Å². The molecule has 2 aromatic rings. The van der Waals surface area contributed by atoms with Crippen LogP contribution in [-0.2, 0) is 12.8 Å². The Morgan fingerprint density at radius 1 is 0.632 bits per heavy atom. The summed E-state index contributed by atoms with van der Waals surface area (Å²) in [5.41, 5.74) is 4.13. The van der Waals surface area contributed by atoms with Crippen molar-refractivity contribution in [1.29, 1.82) is 0 Å². The predicted octanol–water partition coefficient (Wildman–Crippen LogP) is 8.97. The number of hydrogen-bond donors (Lipinski definition) is 2. The van der Waals surface area contributed by atoms with Crippen LogP contribution < -0.4 is 0 Å². The Balaban J connectivity index is 1.61. The molecular weight excluding hydrogens is 468 g/mol. The average Bonchev–Trinajstić information content (AvgIpc) is 2.93. The van der Waals surface area contributed by atoms with Crippen LogP contribution in [0.5, 0.6) is 11.5 Å². The number of benzene rings is 2. The fraction of sp³-hybridized carbons (Fsp3) is 0.588. The van der Waals surface area contributed by atoms with Gasteiger partial charge in [0.15, 0.2) is 0 Å². The fourth-order valence-electron chi connectivity index (χ4n) is 5.38. The number of phenols is 2. The standard InChI is InChI=1S/C34H50N2O2/c1-3-5-7-9-11-15-27-19-21-33(37)29(23-27)25-35-31-17-13-14-18-32(31)36-26-30-24-28(20-22-34(30)38)16-12-10-8-6-4-2/h19-26,31-32,37-38H,3-18H2,1-2H3/t31-,32-/m0/s1. The van der Waals surface area contributed by atoms with Gasteiger partial charge in [-0.1, -0.05) is 90.2 Å². The number of aromatic hydroxyl groups is 2. The number of phenolic OH excluding ortho intramolecular Hbond substituents is 2. The van der Waals surface area contributed by atoms with Crippen molar-refractivity contribution in [1.82, 2.24) is 0 Å². The van der Waals surface area contributed by atoms with Gasteiger partial charge in [0.2, 0.25) is 0 Å². The molecule has 3 rings (SSSR count). The van der Waals surface area contributed by atoms with Crippen molar-refractivity contribution >= 4 is 12.4 Å². The molecule has 0 heterocycles. The van der Waals surface area contributed by atoms with Gasteiger partial charge in [0, 0.05) is 23.6 Å². The van der Waals surface area contributed by atoms with Crippen LogP contribution in [-0.4, -0.2) is 34.7 Å². The SMILES string of the molecule is CCCCCCCc1ccc(O)c(C=N[C@H]2CCCC[C@@H]2N=Cc2cc(CCCCCCC)ccc2O)c1. The lowest BCUT2D eigenvalue weighted by Crippen LogP contribution is -2.27. The van der Waals surface area contributed by atoms with Crippen LogP contribution in [0.15, 0.2) is 46.4 Å². The van der Waals surface area contributed by atoms with Crippen LogP contribution in [0.3, 0.4) is 0 Å². The summed E-state index contributed by atoms with van der Waals surface area (Å²) in [6.45, 7) is 4.48. The minimum absolute atomic E-state index is 0.0981. The van der Waals surface area contributed by atoms with Crippen LogP contribution in [0.2, 0.25) is 0 Å². The molecule has 0 unspecified atom stereocenters. The van der Waals surface area contributed by atoms with Crippen LogP contribution in [0, 0.1) is 0 Å². The van der Waals surface area contributed by atoms with Crippen molar-refractivity contribution in [2.24, 2.45) is 9.98 Å². The number of unbranched alkanes of at least 4 members (excludes halogenated alkanes) is 8. The Labute approximate surface area is 231 Å². The lowest BCUT2D eigenvalue weighted by Gasteiger charge is -2.25. The van der Waals surface area contributed by atoms with Crippen LogP contribution >= 0.6 is 0 Å². The van der Waals surface area contributed by atoms with Crippen LogP contribution in [0.1, 0.15) is 126 Å². The molecule has 0 radical (unpaired) electrons. The monoisotopic (exact) mass is 518 g/mol.